The first-order valence-corrected chi connectivity index (χ1v) is 6.56. The number of aldehydes is 1. The molecule has 2 heteroatoms. The molecule has 0 saturated carbocycles. The van der Waals surface area contributed by atoms with Crippen LogP contribution in [0.1, 0.15) is 31.4 Å². The number of rotatable bonds is 2. The standard InChI is InChI=1S/C14H17BrO/c1-14(2,9-16)11-6-7-12-10(8-11)4-3-5-13(12)15/h3-5,9,11H,6-8H2,1-2H3. The molecule has 0 spiro atoms. The van der Waals surface area contributed by atoms with Crippen LogP contribution >= 0.6 is 15.9 Å². The van der Waals surface area contributed by atoms with Crippen LogP contribution < -0.4 is 0 Å². The molecule has 0 bridgehead atoms. The van der Waals surface area contributed by atoms with Crippen LogP contribution in [0.5, 0.6) is 0 Å². The lowest BCUT2D eigenvalue weighted by Gasteiger charge is -2.34. The van der Waals surface area contributed by atoms with Crippen LogP contribution in [0.25, 0.3) is 0 Å². The summed E-state index contributed by atoms with van der Waals surface area (Å²) in [6, 6.07) is 6.37. The van der Waals surface area contributed by atoms with E-state index in [0.29, 0.717) is 5.92 Å². The fourth-order valence-electron chi connectivity index (χ4n) is 2.49. The second kappa shape index (κ2) is 4.33. The number of carbonyl (C=O) groups is 1. The minimum atomic E-state index is -0.194. The Labute approximate surface area is 105 Å². The summed E-state index contributed by atoms with van der Waals surface area (Å²) in [7, 11) is 0. The van der Waals surface area contributed by atoms with Gasteiger partial charge in [0.15, 0.2) is 0 Å². The van der Waals surface area contributed by atoms with Gasteiger partial charge in [0.2, 0.25) is 0 Å². The Morgan fingerprint density at radius 3 is 2.88 bits per heavy atom. The van der Waals surface area contributed by atoms with Crippen LogP contribution in [0.15, 0.2) is 22.7 Å². The number of carbonyl (C=O) groups excluding carboxylic acids is 1. The maximum atomic E-state index is 11.1. The highest BCUT2D eigenvalue weighted by molar-refractivity contribution is 9.10. The average Bonchev–Trinajstić information content (AvgIpc) is 2.29. The summed E-state index contributed by atoms with van der Waals surface area (Å²) in [5.41, 5.74) is 2.64. The first kappa shape index (κ1) is 11.8. The third-order valence-electron chi connectivity index (χ3n) is 3.78. The molecular formula is C14H17BrO. The van der Waals surface area contributed by atoms with Crippen molar-refractivity contribution >= 4 is 22.2 Å². The number of halogens is 1. The summed E-state index contributed by atoms with van der Waals surface area (Å²) in [6.45, 7) is 4.10. The van der Waals surface area contributed by atoms with Gasteiger partial charge in [-0.05, 0) is 42.4 Å². The van der Waals surface area contributed by atoms with Crippen molar-refractivity contribution in [3.63, 3.8) is 0 Å². The molecule has 1 aromatic rings. The van der Waals surface area contributed by atoms with Gasteiger partial charge in [-0.1, -0.05) is 41.9 Å². The Balaban J connectivity index is 2.28. The Kier molecular flexibility index (Phi) is 3.20. The Bertz CT molecular complexity index is 409. The topological polar surface area (TPSA) is 17.1 Å². The maximum Gasteiger partial charge on any atom is 0.125 e. The smallest absolute Gasteiger partial charge is 0.125 e. The Morgan fingerprint density at radius 1 is 1.44 bits per heavy atom. The van der Waals surface area contributed by atoms with Crippen molar-refractivity contribution in [2.75, 3.05) is 0 Å². The van der Waals surface area contributed by atoms with Gasteiger partial charge in [0.1, 0.15) is 6.29 Å². The van der Waals surface area contributed by atoms with Crippen LogP contribution in [0.4, 0.5) is 0 Å². The molecule has 0 saturated heterocycles. The van der Waals surface area contributed by atoms with E-state index in [0.717, 1.165) is 25.5 Å². The monoisotopic (exact) mass is 280 g/mol. The minimum Gasteiger partial charge on any atom is -0.303 e. The van der Waals surface area contributed by atoms with Gasteiger partial charge >= 0.3 is 0 Å². The van der Waals surface area contributed by atoms with Crippen molar-refractivity contribution in [3.8, 4) is 0 Å². The molecule has 0 aliphatic heterocycles. The van der Waals surface area contributed by atoms with Gasteiger partial charge in [0.05, 0.1) is 0 Å². The van der Waals surface area contributed by atoms with Gasteiger partial charge in [-0.25, -0.2) is 0 Å². The van der Waals surface area contributed by atoms with E-state index in [2.05, 4.69) is 34.1 Å². The quantitative estimate of drug-likeness (QED) is 0.754. The molecule has 16 heavy (non-hydrogen) atoms. The molecule has 1 atom stereocenters. The maximum absolute atomic E-state index is 11.1. The van der Waals surface area contributed by atoms with Crippen LogP contribution in [-0.4, -0.2) is 6.29 Å². The van der Waals surface area contributed by atoms with Gasteiger partial charge in [-0.2, -0.15) is 0 Å². The van der Waals surface area contributed by atoms with E-state index in [-0.39, 0.29) is 5.41 Å². The van der Waals surface area contributed by atoms with Crippen molar-refractivity contribution in [2.24, 2.45) is 11.3 Å². The van der Waals surface area contributed by atoms with E-state index in [1.165, 1.54) is 15.6 Å². The highest BCUT2D eigenvalue weighted by atomic mass is 79.9. The predicted octanol–water partition coefficient (Wildman–Crippen LogP) is 3.78. The zero-order valence-electron chi connectivity index (χ0n) is 9.79. The molecule has 1 unspecified atom stereocenters. The number of benzene rings is 1. The first-order valence-electron chi connectivity index (χ1n) is 5.77. The fraction of sp³-hybridized carbons (Fsp3) is 0.500. The normalized spacial score (nSPS) is 20.3. The van der Waals surface area contributed by atoms with E-state index in [1.807, 2.05) is 13.8 Å². The molecule has 0 fully saturated rings. The molecule has 1 aliphatic rings. The highest BCUT2D eigenvalue weighted by Gasteiger charge is 2.32. The lowest BCUT2D eigenvalue weighted by molar-refractivity contribution is -0.117. The highest BCUT2D eigenvalue weighted by Crippen LogP contribution is 2.38. The zero-order valence-corrected chi connectivity index (χ0v) is 11.4. The molecule has 0 N–H and O–H groups in total. The summed E-state index contributed by atoms with van der Waals surface area (Å²) in [6.07, 6.45) is 4.33. The van der Waals surface area contributed by atoms with Gasteiger partial charge < -0.3 is 4.79 Å². The molecule has 2 rings (SSSR count). The molecule has 1 nitrogen and oxygen atoms in total. The second-order valence-electron chi connectivity index (χ2n) is 5.26. The summed E-state index contributed by atoms with van der Waals surface area (Å²) >= 11 is 3.60. The third kappa shape index (κ3) is 2.08. The SMILES string of the molecule is CC(C)(C=O)C1CCc2c(Br)cccc2C1. The summed E-state index contributed by atoms with van der Waals surface area (Å²) in [4.78, 5) is 11.1. The first-order chi connectivity index (χ1) is 7.54. The third-order valence-corrected chi connectivity index (χ3v) is 4.52. The predicted molar refractivity (Wildman–Crippen MR) is 69.5 cm³/mol. The second-order valence-corrected chi connectivity index (χ2v) is 6.11. The summed E-state index contributed by atoms with van der Waals surface area (Å²) in [5, 5.41) is 0. The van der Waals surface area contributed by atoms with Gasteiger partial charge in [0, 0.05) is 9.89 Å². The number of fused-ring (bicyclic) bond motifs is 1. The average molecular weight is 281 g/mol. The minimum absolute atomic E-state index is 0.194. The van der Waals surface area contributed by atoms with Crippen molar-refractivity contribution in [1.82, 2.24) is 0 Å². The van der Waals surface area contributed by atoms with Crippen molar-refractivity contribution in [3.05, 3.63) is 33.8 Å². The molecule has 0 radical (unpaired) electrons. The summed E-state index contributed by atoms with van der Waals surface area (Å²) < 4.78 is 1.22. The van der Waals surface area contributed by atoms with Crippen molar-refractivity contribution in [2.45, 2.75) is 33.1 Å². The van der Waals surface area contributed by atoms with Gasteiger partial charge in [-0.15, -0.1) is 0 Å². The molecule has 86 valence electrons. The number of hydrogen-bond donors (Lipinski definition) is 0. The largest absolute Gasteiger partial charge is 0.303 e. The van der Waals surface area contributed by atoms with Crippen molar-refractivity contribution in [1.29, 1.82) is 0 Å². The lowest BCUT2D eigenvalue weighted by Crippen LogP contribution is -2.30. The van der Waals surface area contributed by atoms with Crippen molar-refractivity contribution < 1.29 is 4.79 Å². The molecule has 1 aliphatic carbocycles. The lowest BCUT2D eigenvalue weighted by atomic mass is 9.70. The van der Waals surface area contributed by atoms with E-state index in [4.69, 9.17) is 0 Å². The Hall–Kier alpha value is -0.630. The molecule has 0 heterocycles. The van der Waals surface area contributed by atoms with E-state index < -0.39 is 0 Å². The van der Waals surface area contributed by atoms with Crippen LogP contribution in [0.2, 0.25) is 0 Å². The molecule has 0 aromatic heterocycles. The molecule has 1 aromatic carbocycles. The van der Waals surface area contributed by atoms with Gasteiger partial charge in [-0.3, -0.25) is 0 Å². The zero-order chi connectivity index (χ0) is 11.8. The van der Waals surface area contributed by atoms with E-state index in [1.54, 1.807) is 0 Å². The molecular weight excluding hydrogens is 264 g/mol. The van der Waals surface area contributed by atoms with Crippen LogP contribution in [-0.2, 0) is 17.6 Å². The van der Waals surface area contributed by atoms with Crippen LogP contribution in [0.3, 0.4) is 0 Å². The van der Waals surface area contributed by atoms with E-state index >= 15 is 0 Å². The number of hydrogen-bond acceptors (Lipinski definition) is 1. The van der Waals surface area contributed by atoms with Gasteiger partial charge in [0.25, 0.3) is 0 Å². The van der Waals surface area contributed by atoms with E-state index in [9.17, 15) is 4.79 Å². The summed E-state index contributed by atoms with van der Waals surface area (Å²) in [5.74, 6) is 0.479. The molecule has 0 amide bonds. The Morgan fingerprint density at radius 2 is 2.19 bits per heavy atom. The van der Waals surface area contributed by atoms with Crippen LogP contribution in [0, 0.1) is 11.3 Å². The fourth-order valence-corrected chi connectivity index (χ4v) is 3.10.